The van der Waals surface area contributed by atoms with E-state index >= 15 is 0 Å². The first-order chi connectivity index (χ1) is 8.62. The molecule has 2 heteroatoms. The van der Waals surface area contributed by atoms with Crippen molar-refractivity contribution in [1.29, 1.82) is 0 Å². The first-order valence-electron chi connectivity index (χ1n) is 7.61. The average molecular weight is 249 g/mol. The molecule has 2 aliphatic rings. The van der Waals surface area contributed by atoms with Crippen LogP contribution in [-0.4, -0.2) is 29.3 Å². The Labute approximate surface area is 111 Å². The van der Waals surface area contributed by atoms with Crippen LogP contribution < -0.4 is 0 Å². The molecule has 0 unspecified atom stereocenters. The highest BCUT2D eigenvalue weighted by Crippen LogP contribution is 2.28. The van der Waals surface area contributed by atoms with E-state index in [9.17, 15) is 4.79 Å². The van der Waals surface area contributed by atoms with Gasteiger partial charge in [0.1, 0.15) is 0 Å². The van der Waals surface area contributed by atoms with Crippen molar-refractivity contribution in [1.82, 2.24) is 4.90 Å². The lowest BCUT2D eigenvalue weighted by Crippen LogP contribution is -2.51. The second kappa shape index (κ2) is 6.01. The molecule has 18 heavy (non-hydrogen) atoms. The summed E-state index contributed by atoms with van der Waals surface area (Å²) in [7, 11) is 0. The molecule has 1 saturated heterocycles. The van der Waals surface area contributed by atoms with Crippen LogP contribution in [0.2, 0.25) is 0 Å². The zero-order valence-corrected chi connectivity index (χ0v) is 12.0. The van der Waals surface area contributed by atoms with Crippen LogP contribution in [0.15, 0.2) is 11.6 Å². The predicted molar refractivity (Wildman–Crippen MR) is 75.7 cm³/mol. The van der Waals surface area contributed by atoms with Gasteiger partial charge >= 0.3 is 0 Å². The van der Waals surface area contributed by atoms with E-state index in [1.807, 2.05) is 0 Å². The van der Waals surface area contributed by atoms with Crippen LogP contribution in [0.25, 0.3) is 0 Å². The number of ketones is 1. The molecule has 0 spiro atoms. The highest BCUT2D eigenvalue weighted by Gasteiger charge is 2.36. The molecule has 102 valence electrons. The van der Waals surface area contributed by atoms with Gasteiger partial charge < -0.3 is 0 Å². The van der Waals surface area contributed by atoms with Crippen molar-refractivity contribution in [2.45, 2.75) is 70.8 Å². The van der Waals surface area contributed by atoms with Gasteiger partial charge in [-0.05, 0) is 71.0 Å². The molecule has 0 saturated carbocycles. The molecular weight excluding hydrogens is 222 g/mol. The number of hydrogen-bond acceptors (Lipinski definition) is 2. The van der Waals surface area contributed by atoms with Gasteiger partial charge in [-0.15, -0.1) is 0 Å². The molecule has 0 N–H and O–H groups in total. The number of hydrogen-bond donors (Lipinski definition) is 0. The third-order valence-electron chi connectivity index (χ3n) is 4.53. The summed E-state index contributed by atoms with van der Waals surface area (Å²) in [6.07, 6.45) is 11.9. The lowest BCUT2D eigenvalue weighted by Gasteiger charge is -2.37. The summed E-state index contributed by atoms with van der Waals surface area (Å²) in [6.45, 7) is 6.42. The van der Waals surface area contributed by atoms with Crippen LogP contribution in [0.5, 0.6) is 0 Å². The van der Waals surface area contributed by atoms with Gasteiger partial charge in [-0.25, -0.2) is 0 Å². The van der Waals surface area contributed by atoms with Crippen LogP contribution in [0.1, 0.15) is 65.2 Å². The van der Waals surface area contributed by atoms with Crippen molar-refractivity contribution < 1.29 is 4.79 Å². The maximum atomic E-state index is 12.7. The zero-order valence-electron chi connectivity index (χ0n) is 12.0. The number of carbonyl (C=O) groups excluding carboxylic acids is 1. The molecule has 0 amide bonds. The summed E-state index contributed by atoms with van der Waals surface area (Å²) < 4.78 is 0. The second-order valence-electron chi connectivity index (χ2n) is 6.26. The molecular formula is C16H27NO. The van der Waals surface area contributed by atoms with Gasteiger partial charge in [0.2, 0.25) is 0 Å². The Morgan fingerprint density at radius 1 is 1.06 bits per heavy atom. The van der Waals surface area contributed by atoms with Gasteiger partial charge in [-0.2, -0.15) is 0 Å². The summed E-state index contributed by atoms with van der Waals surface area (Å²) in [5.41, 5.74) is 0.795. The van der Waals surface area contributed by atoms with Crippen LogP contribution in [-0.2, 0) is 4.79 Å². The van der Waals surface area contributed by atoms with E-state index in [0.717, 1.165) is 31.5 Å². The largest absolute Gasteiger partial charge is 0.292 e. The SMILES string of the molecule is CC(C)(C(=O)C1=CCCCC1)N1CCCCCC1. The van der Waals surface area contributed by atoms with Gasteiger partial charge in [-0.1, -0.05) is 18.9 Å². The number of allylic oxidation sites excluding steroid dienone is 1. The fourth-order valence-electron chi connectivity index (χ4n) is 3.21. The quantitative estimate of drug-likeness (QED) is 0.760. The zero-order chi connectivity index (χ0) is 13.0. The molecule has 1 fully saturated rings. The number of carbonyl (C=O) groups is 1. The highest BCUT2D eigenvalue weighted by atomic mass is 16.1. The van der Waals surface area contributed by atoms with E-state index < -0.39 is 0 Å². The monoisotopic (exact) mass is 249 g/mol. The number of likely N-dealkylation sites (tertiary alicyclic amines) is 1. The van der Waals surface area contributed by atoms with Gasteiger partial charge in [0.15, 0.2) is 5.78 Å². The van der Waals surface area contributed by atoms with Gasteiger partial charge in [0.05, 0.1) is 5.54 Å². The topological polar surface area (TPSA) is 20.3 Å². The molecule has 1 aliphatic carbocycles. The Bertz CT molecular complexity index is 322. The standard InChI is InChI=1S/C16H27NO/c1-16(2,17-12-8-3-4-9-13-17)15(18)14-10-6-5-7-11-14/h10H,3-9,11-13H2,1-2H3. The maximum Gasteiger partial charge on any atom is 0.178 e. The minimum atomic E-state index is -0.298. The number of nitrogens with zero attached hydrogens (tertiary/aromatic N) is 1. The van der Waals surface area contributed by atoms with E-state index in [4.69, 9.17) is 0 Å². The summed E-state index contributed by atoms with van der Waals surface area (Å²) in [5.74, 6) is 0.379. The first kappa shape index (κ1) is 13.8. The first-order valence-corrected chi connectivity index (χ1v) is 7.61. The molecule has 1 heterocycles. The molecule has 2 rings (SSSR count). The van der Waals surface area contributed by atoms with Crippen molar-refractivity contribution in [3.8, 4) is 0 Å². The molecule has 0 aromatic carbocycles. The van der Waals surface area contributed by atoms with E-state index in [2.05, 4.69) is 24.8 Å². The highest BCUT2D eigenvalue weighted by molar-refractivity contribution is 6.02. The van der Waals surface area contributed by atoms with E-state index in [-0.39, 0.29) is 5.54 Å². The molecule has 2 nitrogen and oxygen atoms in total. The van der Waals surface area contributed by atoms with E-state index in [1.54, 1.807) is 0 Å². The van der Waals surface area contributed by atoms with Crippen LogP contribution in [0, 0.1) is 0 Å². The Morgan fingerprint density at radius 2 is 1.72 bits per heavy atom. The molecule has 0 radical (unpaired) electrons. The number of Topliss-reactive ketones (excluding diaryl/α,β-unsaturated/α-hetero) is 1. The normalized spacial score (nSPS) is 23.3. The Balaban J connectivity index is 2.08. The Kier molecular flexibility index (Phi) is 4.60. The van der Waals surface area contributed by atoms with Crippen LogP contribution in [0.3, 0.4) is 0 Å². The van der Waals surface area contributed by atoms with Crippen LogP contribution in [0.4, 0.5) is 0 Å². The smallest absolute Gasteiger partial charge is 0.178 e. The lowest BCUT2D eigenvalue weighted by atomic mass is 9.85. The third kappa shape index (κ3) is 3.03. The third-order valence-corrected chi connectivity index (χ3v) is 4.53. The van der Waals surface area contributed by atoms with Gasteiger partial charge in [0.25, 0.3) is 0 Å². The van der Waals surface area contributed by atoms with Gasteiger partial charge in [0, 0.05) is 0 Å². The fraction of sp³-hybridized carbons (Fsp3) is 0.812. The summed E-state index contributed by atoms with van der Waals surface area (Å²) in [5, 5.41) is 0. The molecule has 1 aliphatic heterocycles. The fourth-order valence-corrected chi connectivity index (χ4v) is 3.21. The molecule has 0 atom stereocenters. The van der Waals surface area contributed by atoms with Crippen molar-refractivity contribution in [3.05, 3.63) is 11.6 Å². The van der Waals surface area contributed by atoms with E-state index in [0.29, 0.717) is 5.78 Å². The van der Waals surface area contributed by atoms with Crippen molar-refractivity contribution in [2.75, 3.05) is 13.1 Å². The van der Waals surface area contributed by atoms with Crippen molar-refractivity contribution in [2.24, 2.45) is 0 Å². The molecule has 0 aromatic heterocycles. The molecule has 0 bridgehead atoms. The second-order valence-corrected chi connectivity index (χ2v) is 6.26. The summed E-state index contributed by atoms with van der Waals surface area (Å²) in [4.78, 5) is 15.1. The maximum absolute atomic E-state index is 12.7. The minimum Gasteiger partial charge on any atom is -0.292 e. The van der Waals surface area contributed by atoms with Crippen LogP contribution >= 0.6 is 0 Å². The summed E-state index contributed by atoms with van der Waals surface area (Å²) in [6, 6.07) is 0. The molecule has 0 aromatic rings. The van der Waals surface area contributed by atoms with E-state index in [1.165, 1.54) is 38.5 Å². The van der Waals surface area contributed by atoms with Crippen molar-refractivity contribution >= 4 is 5.78 Å². The van der Waals surface area contributed by atoms with Crippen molar-refractivity contribution in [3.63, 3.8) is 0 Å². The Morgan fingerprint density at radius 3 is 2.28 bits per heavy atom. The lowest BCUT2D eigenvalue weighted by molar-refractivity contribution is -0.125. The van der Waals surface area contributed by atoms with Gasteiger partial charge in [-0.3, -0.25) is 9.69 Å². The Hall–Kier alpha value is -0.630. The number of rotatable bonds is 3. The minimum absolute atomic E-state index is 0.298. The summed E-state index contributed by atoms with van der Waals surface area (Å²) >= 11 is 0. The average Bonchev–Trinajstić information content (AvgIpc) is 2.68. The predicted octanol–water partition coefficient (Wildman–Crippen LogP) is 3.71.